The first-order valence-corrected chi connectivity index (χ1v) is 7.82. The molecule has 0 spiro atoms. The zero-order chi connectivity index (χ0) is 13.2. The van der Waals surface area contributed by atoms with Crippen molar-refractivity contribution in [2.75, 3.05) is 20.3 Å². The second-order valence-corrected chi connectivity index (χ2v) is 5.66. The summed E-state index contributed by atoms with van der Waals surface area (Å²) in [5.74, 6) is 0.292. The van der Waals surface area contributed by atoms with E-state index >= 15 is 0 Å². The number of hydrogen-bond donors (Lipinski definition) is 1. The molecule has 0 fully saturated rings. The summed E-state index contributed by atoms with van der Waals surface area (Å²) in [4.78, 5) is 0. The number of nitrogens with one attached hydrogen (secondary N) is 1. The van der Waals surface area contributed by atoms with Crippen molar-refractivity contribution in [1.29, 1.82) is 0 Å². The van der Waals surface area contributed by atoms with Crippen LogP contribution in [0.1, 0.15) is 25.8 Å². The molecule has 0 aliphatic carbocycles. The van der Waals surface area contributed by atoms with Gasteiger partial charge in [0.15, 0.2) is 8.38 Å². The molecule has 1 N–H and O–H groups in total. The van der Waals surface area contributed by atoms with Crippen molar-refractivity contribution in [2.45, 2.75) is 32.5 Å². The van der Waals surface area contributed by atoms with Crippen molar-refractivity contribution in [3.05, 3.63) is 35.9 Å². The van der Waals surface area contributed by atoms with E-state index in [1.54, 1.807) is 0 Å². The minimum atomic E-state index is -0.832. The second kappa shape index (κ2) is 9.46. The number of hydrogen-bond acceptors (Lipinski definition) is 3. The molecule has 0 radical (unpaired) electrons. The molecule has 3 nitrogen and oxygen atoms in total. The average molecular weight is 269 g/mol. The predicted molar refractivity (Wildman–Crippen MR) is 77.8 cm³/mol. The molecule has 18 heavy (non-hydrogen) atoms. The highest BCUT2D eigenvalue weighted by atomic mass is 31.2. The lowest BCUT2D eigenvalue weighted by Crippen LogP contribution is -2.25. The quantitative estimate of drug-likeness (QED) is 0.695. The van der Waals surface area contributed by atoms with Gasteiger partial charge in [-0.1, -0.05) is 30.3 Å². The zero-order valence-corrected chi connectivity index (χ0v) is 12.5. The zero-order valence-electron chi connectivity index (χ0n) is 11.6. The Morgan fingerprint density at radius 1 is 1.11 bits per heavy atom. The Morgan fingerprint density at radius 2 is 1.72 bits per heavy atom. The monoisotopic (exact) mass is 269 g/mol. The summed E-state index contributed by atoms with van der Waals surface area (Å²) < 4.78 is 11.4. The maximum Gasteiger partial charge on any atom is 0.188 e. The van der Waals surface area contributed by atoms with Gasteiger partial charge in [-0.25, -0.2) is 0 Å². The van der Waals surface area contributed by atoms with Crippen LogP contribution in [0.2, 0.25) is 0 Å². The van der Waals surface area contributed by atoms with Crippen LogP contribution in [0.25, 0.3) is 0 Å². The highest BCUT2D eigenvalue weighted by Gasteiger charge is 2.21. The molecule has 0 aliphatic rings. The molecule has 0 amide bonds. The van der Waals surface area contributed by atoms with Crippen molar-refractivity contribution in [3.8, 4) is 0 Å². The fraction of sp³-hybridized carbons (Fsp3) is 0.571. The number of rotatable bonds is 9. The molecule has 1 aromatic rings. The summed E-state index contributed by atoms with van der Waals surface area (Å²) in [6.45, 7) is 5.43. The largest absolute Gasteiger partial charge is 0.333 e. The molecule has 0 aromatic heterocycles. The Bertz CT molecular complexity index is 302. The molecule has 1 rings (SSSR count). The van der Waals surface area contributed by atoms with Gasteiger partial charge < -0.3 is 14.4 Å². The fourth-order valence-electron chi connectivity index (χ4n) is 1.77. The van der Waals surface area contributed by atoms with E-state index in [0.717, 1.165) is 12.8 Å². The molecule has 4 heteroatoms. The molecular weight excluding hydrogens is 245 g/mol. The minimum Gasteiger partial charge on any atom is -0.333 e. The number of benzene rings is 1. The molecule has 1 atom stereocenters. The lowest BCUT2D eigenvalue weighted by molar-refractivity contribution is 0.257. The minimum absolute atomic E-state index is 0.292. The van der Waals surface area contributed by atoms with Gasteiger partial charge >= 0.3 is 0 Å². The van der Waals surface area contributed by atoms with Crippen LogP contribution in [0, 0.1) is 0 Å². The summed E-state index contributed by atoms with van der Waals surface area (Å²) >= 11 is 0. The van der Waals surface area contributed by atoms with Gasteiger partial charge in [-0.05, 0) is 39.3 Å². The Morgan fingerprint density at radius 3 is 2.22 bits per heavy atom. The van der Waals surface area contributed by atoms with Crippen molar-refractivity contribution in [3.63, 3.8) is 0 Å². The summed E-state index contributed by atoms with van der Waals surface area (Å²) in [5.41, 5.74) is 1.36. The van der Waals surface area contributed by atoms with Crippen LogP contribution in [0.4, 0.5) is 0 Å². The van der Waals surface area contributed by atoms with Gasteiger partial charge in [-0.2, -0.15) is 0 Å². The first-order valence-electron chi connectivity index (χ1n) is 6.58. The Balaban J connectivity index is 2.48. The smallest absolute Gasteiger partial charge is 0.188 e. The topological polar surface area (TPSA) is 30.5 Å². The molecule has 0 bridgehead atoms. The molecule has 102 valence electrons. The Labute approximate surface area is 112 Å². The lowest BCUT2D eigenvalue weighted by atomic mass is 10.1. The third kappa shape index (κ3) is 5.45. The predicted octanol–water partition coefficient (Wildman–Crippen LogP) is 3.55. The Kier molecular flexibility index (Phi) is 8.19. The third-order valence-corrected chi connectivity index (χ3v) is 4.70. The van der Waals surface area contributed by atoms with Gasteiger partial charge in [0.05, 0.1) is 19.0 Å². The van der Waals surface area contributed by atoms with E-state index in [4.69, 9.17) is 9.05 Å². The molecule has 0 saturated heterocycles. The Hall–Kier alpha value is -0.470. The van der Waals surface area contributed by atoms with Crippen LogP contribution >= 0.6 is 8.38 Å². The van der Waals surface area contributed by atoms with Gasteiger partial charge in [-0.3, -0.25) is 0 Å². The van der Waals surface area contributed by atoms with Gasteiger partial charge in [0.1, 0.15) is 0 Å². The van der Waals surface area contributed by atoms with Crippen LogP contribution in [0.15, 0.2) is 30.3 Å². The maximum absolute atomic E-state index is 5.70. The average Bonchev–Trinajstić information content (AvgIpc) is 2.41. The molecule has 0 aliphatic heterocycles. The van der Waals surface area contributed by atoms with Crippen molar-refractivity contribution < 1.29 is 9.05 Å². The maximum atomic E-state index is 5.70. The standard InChI is InChI=1S/C14H24NO2P/c1-4-16-18(17-5-2)14(15-3)12-11-13-9-7-6-8-10-13/h6-10,14-15H,4-5,11-12H2,1-3H3. The van der Waals surface area contributed by atoms with Gasteiger partial charge in [0, 0.05) is 0 Å². The first-order chi connectivity index (χ1) is 8.81. The first kappa shape index (κ1) is 15.6. The van der Waals surface area contributed by atoms with Crippen molar-refractivity contribution in [1.82, 2.24) is 5.32 Å². The molecule has 0 saturated carbocycles. The van der Waals surface area contributed by atoms with Crippen LogP contribution < -0.4 is 5.32 Å². The van der Waals surface area contributed by atoms with E-state index in [9.17, 15) is 0 Å². The van der Waals surface area contributed by atoms with Gasteiger partial charge in [-0.15, -0.1) is 0 Å². The van der Waals surface area contributed by atoms with Crippen LogP contribution in [0.3, 0.4) is 0 Å². The highest BCUT2D eigenvalue weighted by molar-refractivity contribution is 7.48. The highest BCUT2D eigenvalue weighted by Crippen LogP contribution is 2.43. The molecule has 1 unspecified atom stereocenters. The third-order valence-electron chi connectivity index (χ3n) is 2.65. The van der Waals surface area contributed by atoms with Crippen molar-refractivity contribution in [2.24, 2.45) is 0 Å². The molecule has 0 heterocycles. The second-order valence-electron chi connectivity index (χ2n) is 3.95. The van der Waals surface area contributed by atoms with Crippen molar-refractivity contribution >= 4 is 8.38 Å². The molecular formula is C14H24NO2P. The van der Waals surface area contributed by atoms with E-state index in [1.807, 2.05) is 27.0 Å². The SMILES string of the molecule is CCOP(OCC)C(CCc1ccccc1)NC. The number of aryl methyl sites for hydroxylation is 1. The van der Waals surface area contributed by atoms with Gasteiger partial charge in [0.2, 0.25) is 0 Å². The summed E-state index contributed by atoms with van der Waals surface area (Å²) in [5, 5.41) is 3.32. The summed E-state index contributed by atoms with van der Waals surface area (Å²) in [6, 6.07) is 10.5. The van der Waals surface area contributed by atoms with E-state index < -0.39 is 8.38 Å². The van der Waals surface area contributed by atoms with E-state index in [0.29, 0.717) is 19.0 Å². The molecule has 1 aromatic carbocycles. The van der Waals surface area contributed by atoms with Gasteiger partial charge in [0.25, 0.3) is 0 Å². The van der Waals surface area contributed by atoms with Crippen LogP contribution in [0.5, 0.6) is 0 Å². The van der Waals surface area contributed by atoms with E-state index in [2.05, 4.69) is 29.6 Å². The summed E-state index contributed by atoms with van der Waals surface area (Å²) in [6.07, 6.45) is 2.08. The summed E-state index contributed by atoms with van der Waals surface area (Å²) in [7, 11) is 1.14. The van der Waals surface area contributed by atoms with E-state index in [-0.39, 0.29) is 0 Å². The normalized spacial score (nSPS) is 12.9. The fourth-order valence-corrected chi connectivity index (χ4v) is 3.27. The van der Waals surface area contributed by atoms with E-state index in [1.165, 1.54) is 5.56 Å². The van der Waals surface area contributed by atoms with Crippen LogP contribution in [-0.2, 0) is 15.5 Å². The lowest BCUT2D eigenvalue weighted by Gasteiger charge is -2.25. The van der Waals surface area contributed by atoms with Crippen LogP contribution in [-0.4, -0.2) is 26.0 Å².